The van der Waals surface area contributed by atoms with E-state index in [1.165, 1.54) is 32.1 Å². The largest absolute Gasteiger partial charge is 0.550 e. The van der Waals surface area contributed by atoms with Crippen molar-refractivity contribution in [1.29, 1.82) is 0 Å². The van der Waals surface area contributed by atoms with Crippen LogP contribution in [0, 0.1) is 84.7 Å². The lowest BCUT2D eigenvalue weighted by Gasteiger charge is -2.75. The molecular formula is C59H78N3O5-. The molecule has 1 aliphatic heterocycles. The van der Waals surface area contributed by atoms with E-state index in [4.69, 9.17) is 9.72 Å². The molecule has 1 aromatic heterocycles. The molecule has 2 heterocycles. The Hall–Kier alpha value is -3.94. The fourth-order valence-corrected chi connectivity index (χ4v) is 19.4. The van der Waals surface area contributed by atoms with E-state index in [9.17, 15) is 14.7 Å². The molecule has 1 saturated heterocycles. The van der Waals surface area contributed by atoms with Gasteiger partial charge >= 0.3 is 5.97 Å². The topological polar surface area (TPSA) is 115 Å². The molecule has 8 nitrogen and oxygen atoms in total. The van der Waals surface area contributed by atoms with Gasteiger partial charge in [-0.15, -0.1) is 0 Å². The third kappa shape index (κ3) is 6.20. The molecular weight excluding hydrogens is 831 g/mol. The number of esters is 1. The maximum absolute atomic E-state index is 15.8. The molecule has 1 N–H and O–H groups in total. The molecule has 13 atom stereocenters. The van der Waals surface area contributed by atoms with Crippen molar-refractivity contribution in [2.24, 2.45) is 84.7 Å². The van der Waals surface area contributed by atoms with Gasteiger partial charge in [-0.05, 0) is 175 Å². The lowest BCUT2D eigenvalue weighted by atomic mass is 9.29. The number of H-pyrrole nitrogens is 1. The molecule has 0 spiro atoms. The third-order valence-electron chi connectivity index (χ3n) is 23.4. The second-order valence-corrected chi connectivity index (χ2v) is 26.1. The van der Waals surface area contributed by atoms with E-state index in [1.54, 1.807) is 0 Å². The van der Waals surface area contributed by atoms with Crippen molar-refractivity contribution in [3.05, 3.63) is 78.2 Å². The lowest BCUT2D eigenvalue weighted by molar-refractivity contribution is -0.352. The third-order valence-corrected chi connectivity index (χ3v) is 23.4. The standard InChI is InChI=1S/C59H79N3O5/c1-52(2)44-25-27-57(8)46(55(44,6)26-24-45(52)59(51(65)66)34-41(53(59,3)4)49(63)67-36-37-16-11-9-12-17-37)22-21-40-47-39(54(5)29-30-54)23-28-58(47,32-31-56(40,57)7)50(64)62-33-15-20-43(62)48-60-35-42(61-48)38-18-13-10-14-19-38/h9-14,16-19,35,39-41,43-47H,15,20-34,36H2,1-8H3,(H,60,61)(H,65,66)/p-1/t39-,40-,41?,43+,44-,45+,46-,47-,55-,56-,57-,58+,59?/m1/s1. The Morgan fingerprint density at radius 3 is 2.12 bits per heavy atom. The van der Waals surface area contributed by atoms with E-state index in [1.807, 2.05) is 56.4 Å². The number of carboxylic acids is 1. The summed E-state index contributed by atoms with van der Waals surface area (Å²) in [6, 6.07) is 20.1. The van der Waals surface area contributed by atoms with E-state index in [2.05, 4.69) is 75.7 Å². The van der Waals surface area contributed by atoms with Crippen molar-refractivity contribution in [2.45, 2.75) is 164 Å². The van der Waals surface area contributed by atoms with Crippen molar-refractivity contribution in [2.75, 3.05) is 6.54 Å². The van der Waals surface area contributed by atoms with Crippen LogP contribution in [-0.2, 0) is 25.7 Å². The number of amides is 1. The summed E-state index contributed by atoms with van der Waals surface area (Å²) in [5.41, 5.74) is 1.20. The van der Waals surface area contributed by atoms with Gasteiger partial charge in [0.15, 0.2) is 0 Å². The summed E-state index contributed by atoms with van der Waals surface area (Å²) in [6.45, 7) is 20.3. The molecule has 7 saturated carbocycles. The van der Waals surface area contributed by atoms with Crippen LogP contribution in [0.1, 0.15) is 169 Å². The second kappa shape index (κ2) is 15.3. The van der Waals surface area contributed by atoms with Gasteiger partial charge in [0.25, 0.3) is 0 Å². The number of imidazole rings is 1. The van der Waals surface area contributed by atoms with E-state index >= 15 is 4.79 Å². The van der Waals surface area contributed by atoms with Crippen molar-refractivity contribution < 1.29 is 24.2 Å². The highest BCUT2D eigenvalue weighted by Gasteiger charge is 2.76. The number of aliphatic carboxylic acids is 1. The highest BCUT2D eigenvalue weighted by atomic mass is 16.5. The normalized spacial score (nSPS) is 42.0. The van der Waals surface area contributed by atoms with Crippen molar-refractivity contribution in [1.82, 2.24) is 14.9 Å². The number of aromatic amines is 1. The smallest absolute Gasteiger partial charge is 0.309 e. The van der Waals surface area contributed by atoms with Gasteiger partial charge in [0.1, 0.15) is 12.4 Å². The lowest BCUT2D eigenvalue weighted by Crippen LogP contribution is -2.73. The van der Waals surface area contributed by atoms with E-state index in [0.29, 0.717) is 40.9 Å². The second-order valence-electron chi connectivity index (χ2n) is 26.1. The summed E-state index contributed by atoms with van der Waals surface area (Å²) >= 11 is 0. The van der Waals surface area contributed by atoms with Crippen LogP contribution in [0.5, 0.6) is 0 Å². The Balaban J connectivity index is 0.862. The summed E-state index contributed by atoms with van der Waals surface area (Å²) in [6.07, 6.45) is 17.5. The zero-order valence-corrected chi connectivity index (χ0v) is 41.9. The molecule has 0 bridgehead atoms. The van der Waals surface area contributed by atoms with Crippen LogP contribution in [-0.4, -0.2) is 39.3 Å². The number of aromatic nitrogens is 2. The highest BCUT2D eigenvalue weighted by molar-refractivity contribution is 5.85. The molecule has 360 valence electrons. The molecule has 67 heavy (non-hydrogen) atoms. The minimum atomic E-state index is -1.11. The number of rotatable bonds is 9. The number of carbonyl (C=O) groups excluding carboxylic acids is 3. The maximum Gasteiger partial charge on any atom is 0.309 e. The van der Waals surface area contributed by atoms with Crippen LogP contribution < -0.4 is 5.11 Å². The van der Waals surface area contributed by atoms with Gasteiger partial charge in [0.2, 0.25) is 5.91 Å². The first-order valence-electron chi connectivity index (χ1n) is 26.6. The van der Waals surface area contributed by atoms with Crippen LogP contribution in [0.3, 0.4) is 0 Å². The Morgan fingerprint density at radius 2 is 1.43 bits per heavy atom. The van der Waals surface area contributed by atoms with Crippen molar-refractivity contribution in [3.63, 3.8) is 0 Å². The zero-order chi connectivity index (χ0) is 47.2. The van der Waals surface area contributed by atoms with Gasteiger partial charge in [-0.2, -0.15) is 0 Å². The van der Waals surface area contributed by atoms with Crippen LogP contribution in [0.4, 0.5) is 0 Å². The van der Waals surface area contributed by atoms with E-state index in [-0.39, 0.29) is 58.0 Å². The molecule has 2 aromatic carbocycles. The first-order chi connectivity index (χ1) is 31.8. The molecule has 8 aliphatic rings. The summed E-state index contributed by atoms with van der Waals surface area (Å²) in [5.74, 6) is 1.87. The molecule has 8 heteroatoms. The summed E-state index contributed by atoms with van der Waals surface area (Å²) in [4.78, 5) is 54.2. The number of ether oxygens (including phenoxy) is 1. The Bertz CT molecular complexity index is 2420. The summed E-state index contributed by atoms with van der Waals surface area (Å²) in [7, 11) is 0. The number of carboxylic acid groups (broad SMARTS) is 1. The average Bonchev–Trinajstić information content (AvgIpc) is 3.68. The van der Waals surface area contributed by atoms with Crippen LogP contribution >= 0.6 is 0 Å². The van der Waals surface area contributed by atoms with Crippen LogP contribution in [0.25, 0.3) is 11.3 Å². The maximum atomic E-state index is 15.8. The number of hydrogen-bond donors (Lipinski definition) is 1. The predicted octanol–water partition coefficient (Wildman–Crippen LogP) is 11.8. The van der Waals surface area contributed by atoms with Gasteiger partial charge in [-0.25, -0.2) is 4.98 Å². The first-order valence-corrected chi connectivity index (χ1v) is 26.6. The number of hydrogen-bond acceptors (Lipinski definition) is 6. The van der Waals surface area contributed by atoms with Crippen molar-refractivity contribution >= 4 is 17.8 Å². The number of carbonyl (C=O) groups is 3. The van der Waals surface area contributed by atoms with Gasteiger partial charge in [-0.3, -0.25) is 9.59 Å². The number of nitrogens with one attached hydrogen (secondary N) is 1. The number of nitrogens with zero attached hydrogens (tertiary/aromatic N) is 2. The zero-order valence-electron chi connectivity index (χ0n) is 41.9. The summed E-state index contributed by atoms with van der Waals surface area (Å²) < 4.78 is 5.87. The molecule has 1 amide bonds. The van der Waals surface area contributed by atoms with Gasteiger partial charge < -0.3 is 24.5 Å². The Kier molecular flexibility index (Phi) is 10.4. The minimum Gasteiger partial charge on any atom is -0.550 e. The predicted molar refractivity (Wildman–Crippen MR) is 258 cm³/mol. The average molecular weight is 909 g/mol. The molecule has 11 rings (SSSR count). The molecule has 8 fully saturated rings. The monoisotopic (exact) mass is 909 g/mol. The first kappa shape index (κ1) is 45.5. The minimum absolute atomic E-state index is 0.00766. The van der Waals surface area contributed by atoms with Gasteiger partial charge in [-0.1, -0.05) is 116 Å². The van der Waals surface area contributed by atoms with E-state index < -0.39 is 22.7 Å². The highest BCUT2D eigenvalue weighted by Crippen LogP contribution is 2.81. The number of fused-ring (bicyclic) bond motifs is 7. The molecule has 3 aromatic rings. The van der Waals surface area contributed by atoms with Crippen molar-refractivity contribution in [3.8, 4) is 11.3 Å². The number of likely N-dealkylation sites (tertiary alicyclic amines) is 1. The molecule has 0 radical (unpaired) electrons. The fourth-order valence-electron chi connectivity index (χ4n) is 19.4. The SMILES string of the molecule is CC1([C@@H]2CC[C@]3(C(=O)N4CCC[C@H]4c4ncc(-c5ccccc5)[nH]4)CC[C@]4(C)[C@H](CC[C@@H]5[C@]6(C)CC[C@H](C7(C(=O)[O-])CC(C(=O)OCc8ccccc8)C7(C)C)C(C)(C)[C@H]6CC[C@]54C)[C@@H]23)CC1. The van der Waals surface area contributed by atoms with Crippen LogP contribution in [0.15, 0.2) is 66.9 Å². The fraction of sp³-hybridized carbons (Fsp3) is 0.695. The quantitative estimate of drug-likeness (QED) is 0.214. The van der Waals surface area contributed by atoms with Gasteiger partial charge in [0, 0.05) is 17.9 Å². The number of benzene rings is 2. The van der Waals surface area contributed by atoms with Crippen LogP contribution in [0.2, 0.25) is 0 Å². The molecule has 7 aliphatic carbocycles. The van der Waals surface area contributed by atoms with E-state index in [0.717, 1.165) is 87.0 Å². The Labute approximate surface area is 400 Å². The van der Waals surface area contributed by atoms with Gasteiger partial charge in [0.05, 0.1) is 29.3 Å². The molecule has 2 unspecified atom stereocenters. The summed E-state index contributed by atoms with van der Waals surface area (Å²) in [5, 5.41) is 13.8. The Morgan fingerprint density at radius 1 is 0.731 bits per heavy atom.